The maximum atomic E-state index is 12.8. The summed E-state index contributed by atoms with van der Waals surface area (Å²) in [5.74, 6) is -2.29. The topological polar surface area (TPSA) is 517 Å². The molecule has 143 heavy (non-hydrogen) atoms. The number of hydrogen-bond donors (Lipinski definition) is 6. The number of nitro groups is 3. The molecule has 1 aliphatic rings. The molecule has 0 atom stereocenters. The Balaban J connectivity index is 0.000000819. The third kappa shape index (κ3) is 35.9. The van der Waals surface area contributed by atoms with E-state index in [0.717, 1.165) is 160 Å². The van der Waals surface area contributed by atoms with E-state index in [1.54, 1.807) is 120 Å². The summed E-state index contributed by atoms with van der Waals surface area (Å²) in [6.07, 6.45) is 6.16. The molecule has 8 N–H and O–H groups in total. The molecule has 772 valence electrons. The first-order chi connectivity index (χ1) is 68.1. The number of methoxy groups -OCH3 is 8. The number of imidazole rings is 2. The first-order valence-electron chi connectivity index (χ1n) is 43.6. The molecule has 0 spiro atoms. The van der Waals surface area contributed by atoms with E-state index in [-0.39, 0.29) is 45.8 Å². The highest BCUT2D eigenvalue weighted by molar-refractivity contribution is 7.98. The fraction of sp³-hybridized carbons (Fsp3) is 0.323. The molecular formula is C99H124ClF2N15O23S3. The van der Waals surface area contributed by atoms with E-state index in [2.05, 4.69) is 60.2 Å². The van der Waals surface area contributed by atoms with Crippen molar-refractivity contribution in [2.45, 2.75) is 131 Å². The van der Waals surface area contributed by atoms with E-state index in [4.69, 9.17) is 58.7 Å². The number of nitrogens with two attached hydrogens (primary N) is 2. The average molecular weight is 2060 g/mol. The van der Waals surface area contributed by atoms with E-state index in [1.807, 2.05) is 163 Å². The van der Waals surface area contributed by atoms with Gasteiger partial charge in [-0.2, -0.15) is 8.78 Å². The van der Waals surface area contributed by atoms with Crippen LogP contribution >= 0.6 is 47.3 Å². The Hall–Kier alpha value is -15.1. The number of nitrogens with zero attached hydrogens (tertiary/aromatic N) is 11. The van der Waals surface area contributed by atoms with Crippen LogP contribution in [0.4, 0.5) is 48.6 Å². The number of carbonyl (C=O) groups is 7. The summed E-state index contributed by atoms with van der Waals surface area (Å²) in [5.41, 5.74) is 26.1. The summed E-state index contributed by atoms with van der Waals surface area (Å²) < 4.78 is 68.3. The standard InChI is InChI=1S/C19H21N3O3S.C18H19N3O3S.C11H11NO2S.C9H12ClNO.C9H10N2O4.C9H12N2O2.C8H6FNO4.C7H4FNO4.4C2H6.CH5N/c1-11-9-20-15(12(2)17(11)24-4)10-26-19-21-14-8-13(18(23)25-5)6-7-16(14)22(19)3;1-10-8-19-14(11(2)16(10)24-4)9-25-18-20-13-7-12(17(22)23)5-6-15(13)21(18)3;1-12-9-4-3-7(11(13)14-2)5-8(9)6-10(12)15;1-6-5-11-8(4-10)7(2)9(6)12-3;1-10-7-4-3-6(9(12)15-2)5-8(7)11(13)14;1-11-8-4-3-6(5-7(8)10)9(12)13-2;1-14-8(11)5-2-3-6(9)7(4-5)10(12)13;8-5-2-1-4(7(10)11)3-6(5)9(12)13;5*1-2/h6-9H,10H2,1-5H3;5-8H,9H2,1-4H3,(H,22,23);3-5H,6H2,1-2H3;5H,4H2,1-3H3;3-5,10H,1-2H3;3-5,11H,10H2,1-2H3;2-4H,1H3;1-3H,(H,10,11);4*1-2H3;2H2,1H3. The number of aromatic nitrogens is 7. The van der Waals surface area contributed by atoms with Crippen molar-refractivity contribution in [2.24, 2.45) is 19.8 Å². The Kier molecular flexibility index (Phi) is 56.6. The maximum Gasteiger partial charge on any atom is 0.338 e. The lowest BCUT2D eigenvalue weighted by atomic mass is 10.1. The fourth-order valence-corrected chi connectivity index (χ4v) is 15.0. The number of nitrogen functional groups attached to an aromatic ring is 1. The van der Waals surface area contributed by atoms with E-state index in [1.165, 1.54) is 53.7 Å². The summed E-state index contributed by atoms with van der Waals surface area (Å²) >= 11 is 14.1. The van der Waals surface area contributed by atoms with Crippen molar-refractivity contribution in [1.29, 1.82) is 0 Å². The average Bonchev–Trinajstić information content (AvgIpc) is 1.65. The molecule has 44 heteroatoms. The number of nitro benzene ring substituents is 3. The van der Waals surface area contributed by atoms with Crippen LogP contribution in [0.5, 0.6) is 17.2 Å². The number of aromatic carboxylic acids is 2. The SMILES string of the molecule is CC.CC.CC.CC.CN.CNc1ccc(C(=O)OC)cc1N.CNc1ccc(C(=O)OC)cc1[N+](=O)[O-].COC(=O)c1ccc(F)c([N+](=O)[O-])c1.COC(=O)c1ccc2c(c1)CC(=S)N2C.COC(=O)c1ccc2c(c1)nc(SCc1ncc(C)c(OC)c1C)n2C.COc1c(C)cnc(CCl)c1C.COc1c(C)cnc(CSc2nc3cc(C(=O)O)ccc3n2C)c1C.O=C(O)c1ccc(F)c([N+](=O)[O-])c1. The number of aryl methyl sites for hydroxylation is 5. The number of benzene rings is 7. The van der Waals surface area contributed by atoms with Crippen molar-refractivity contribution >= 4 is 156 Å². The number of carbonyl (C=O) groups excluding carboxylic acids is 5. The van der Waals surface area contributed by atoms with Crippen LogP contribution in [0, 0.1) is 83.5 Å². The molecule has 5 aromatic heterocycles. The molecule has 1 aliphatic heterocycles. The van der Waals surface area contributed by atoms with Gasteiger partial charge < -0.3 is 84.2 Å². The number of alkyl halides is 1. The van der Waals surface area contributed by atoms with Crippen molar-refractivity contribution < 1.29 is 105 Å². The zero-order chi connectivity index (χ0) is 109. The smallest absolute Gasteiger partial charge is 0.338 e. The molecule has 38 nitrogen and oxygen atoms in total. The minimum atomic E-state index is -1.33. The van der Waals surface area contributed by atoms with Crippen molar-refractivity contribution in [3.05, 3.63) is 283 Å². The van der Waals surface area contributed by atoms with Crippen LogP contribution in [0.3, 0.4) is 0 Å². The molecule has 0 fully saturated rings. The highest BCUT2D eigenvalue weighted by Gasteiger charge is 2.25. The van der Waals surface area contributed by atoms with Gasteiger partial charge in [-0.3, -0.25) is 45.3 Å². The third-order valence-corrected chi connectivity index (χ3v) is 22.3. The molecule has 0 saturated heterocycles. The van der Waals surface area contributed by atoms with Gasteiger partial charge in [0.2, 0.25) is 11.6 Å². The number of esters is 5. The number of ether oxygens (including phenoxy) is 8. The number of halogens is 3. The number of thiocarbonyl (C=S) groups is 1. The monoisotopic (exact) mass is 2060 g/mol. The number of thioether (sulfide) groups is 2. The van der Waals surface area contributed by atoms with Gasteiger partial charge >= 0.3 is 53.2 Å². The molecule has 0 radical (unpaired) electrons. The number of pyridine rings is 3. The normalized spacial score (nSPS) is 10.1. The molecule has 12 aromatic rings. The van der Waals surface area contributed by atoms with E-state index < -0.39 is 61.7 Å². The number of anilines is 4. The first-order valence-corrected chi connectivity index (χ1v) is 46.5. The molecule has 0 bridgehead atoms. The second-order valence-electron chi connectivity index (χ2n) is 27.8. The zero-order valence-corrected chi connectivity index (χ0v) is 88.3. The highest BCUT2D eigenvalue weighted by atomic mass is 35.5. The highest BCUT2D eigenvalue weighted by Crippen LogP contribution is 2.36. The molecule has 6 heterocycles. The lowest BCUT2D eigenvalue weighted by Gasteiger charge is -2.11. The molecule has 0 saturated carbocycles. The van der Waals surface area contributed by atoms with Crippen LogP contribution in [-0.2, 0) is 61.6 Å². The van der Waals surface area contributed by atoms with Gasteiger partial charge in [0.05, 0.1) is 172 Å². The van der Waals surface area contributed by atoms with E-state index >= 15 is 0 Å². The number of likely N-dealkylation sites (N-methyl/N-ethyl adjacent to an activating group) is 1. The zero-order valence-electron chi connectivity index (χ0n) is 85.1. The molecule has 13 rings (SSSR count). The van der Waals surface area contributed by atoms with Gasteiger partial charge in [0, 0.05) is 129 Å². The minimum absolute atomic E-state index is 0.0550. The summed E-state index contributed by atoms with van der Waals surface area (Å²) in [6.45, 7) is 27.9. The predicted molar refractivity (Wildman–Crippen MR) is 557 cm³/mol. The summed E-state index contributed by atoms with van der Waals surface area (Å²) in [7, 11) is 22.1. The second kappa shape index (κ2) is 64.3. The Morgan fingerprint density at radius 2 is 0.755 bits per heavy atom. The van der Waals surface area contributed by atoms with Gasteiger partial charge in [-0.15, -0.1) is 11.6 Å². The lowest BCUT2D eigenvalue weighted by molar-refractivity contribution is -0.387. The maximum absolute atomic E-state index is 12.8. The number of carboxylic acids is 2. The molecular weight excluding hydrogens is 1940 g/mol. The number of nitrogens with one attached hydrogen (secondary N) is 2. The largest absolute Gasteiger partial charge is 0.496 e. The van der Waals surface area contributed by atoms with Crippen molar-refractivity contribution in [3.8, 4) is 17.2 Å². The molecule has 0 aliphatic carbocycles. The van der Waals surface area contributed by atoms with Crippen molar-refractivity contribution in [1.82, 2.24) is 34.1 Å². The lowest BCUT2D eigenvalue weighted by Crippen LogP contribution is -2.18. The van der Waals surface area contributed by atoms with E-state index in [0.29, 0.717) is 57.0 Å². The Labute approximate surface area is 847 Å². The third-order valence-electron chi connectivity index (χ3n) is 19.6. The number of carboxylic acid groups (broad SMARTS) is 2. The number of hydrogen-bond acceptors (Lipinski definition) is 33. The molecule has 0 unspecified atom stereocenters. The van der Waals surface area contributed by atoms with Crippen molar-refractivity contribution in [3.63, 3.8) is 0 Å². The Bertz CT molecular complexity index is 6370. The van der Waals surface area contributed by atoms with Crippen molar-refractivity contribution in [2.75, 3.05) is 106 Å². The van der Waals surface area contributed by atoms with Gasteiger partial charge in [0.15, 0.2) is 10.3 Å². The first kappa shape index (κ1) is 126. The second-order valence-corrected chi connectivity index (χ2v) is 30.5. The van der Waals surface area contributed by atoms with Gasteiger partial charge in [0.1, 0.15) is 22.9 Å². The van der Waals surface area contributed by atoms with Crippen LogP contribution in [0.15, 0.2) is 156 Å². The van der Waals surface area contributed by atoms with Crippen LogP contribution in [-0.4, -0.2) is 191 Å². The summed E-state index contributed by atoms with van der Waals surface area (Å²) in [4.78, 5) is 132. The summed E-state index contributed by atoms with van der Waals surface area (Å²) in [5, 5.41) is 55.9. The van der Waals surface area contributed by atoms with Crippen LogP contribution in [0.1, 0.15) is 184 Å². The van der Waals surface area contributed by atoms with Gasteiger partial charge in [-0.25, -0.2) is 43.5 Å². The van der Waals surface area contributed by atoms with Gasteiger partial charge in [0.25, 0.3) is 5.69 Å². The Morgan fingerprint density at radius 1 is 0.455 bits per heavy atom. The summed E-state index contributed by atoms with van der Waals surface area (Å²) in [6, 6.07) is 30.2. The van der Waals surface area contributed by atoms with E-state index in [9.17, 15) is 72.7 Å². The quantitative estimate of drug-likeness (QED) is 0.00536. The molecule has 0 amide bonds. The van der Waals surface area contributed by atoms with Crippen LogP contribution < -0.4 is 41.2 Å². The fourth-order valence-electron chi connectivity index (χ4n) is 12.5. The van der Waals surface area contributed by atoms with Crippen LogP contribution in [0.25, 0.3) is 22.1 Å². The Morgan fingerprint density at radius 3 is 1.11 bits per heavy atom. The molecule has 7 aromatic carbocycles. The predicted octanol–water partition coefficient (Wildman–Crippen LogP) is 20.6. The van der Waals surface area contributed by atoms with Crippen LogP contribution in [0.2, 0.25) is 0 Å². The number of fused-ring (bicyclic) bond motifs is 3. The van der Waals surface area contributed by atoms with Gasteiger partial charge in [-0.1, -0.05) is 91.1 Å². The van der Waals surface area contributed by atoms with Gasteiger partial charge in [-0.05, 0) is 163 Å². The number of rotatable bonds is 22. The minimum Gasteiger partial charge on any atom is -0.496 e.